The second-order valence-corrected chi connectivity index (χ2v) is 4.63. The van der Waals surface area contributed by atoms with E-state index in [0.717, 1.165) is 19.4 Å². The predicted octanol–water partition coefficient (Wildman–Crippen LogP) is 1.88. The molecule has 12 heavy (non-hydrogen) atoms. The Morgan fingerprint density at radius 2 is 2.08 bits per heavy atom. The average molecular weight is 173 g/mol. The summed E-state index contributed by atoms with van der Waals surface area (Å²) in [5.74, 6) is -2.32. The van der Waals surface area contributed by atoms with Crippen LogP contribution in [0.2, 0.25) is 0 Å². The van der Waals surface area contributed by atoms with Crippen LogP contribution in [0.3, 0.4) is 0 Å². The van der Waals surface area contributed by atoms with Gasteiger partial charge in [-0.25, -0.2) is 8.78 Å². The fourth-order valence-corrected chi connectivity index (χ4v) is 3.01. The van der Waals surface area contributed by atoms with Crippen molar-refractivity contribution in [2.24, 2.45) is 5.41 Å². The van der Waals surface area contributed by atoms with Crippen LogP contribution in [0.5, 0.6) is 0 Å². The van der Waals surface area contributed by atoms with Crippen LogP contribution in [0.4, 0.5) is 8.78 Å². The Bertz CT molecular complexity index is 215. The van der Waals surface area contributed by atoms with Crippen molar-refractivity contribution >= 4 is 0 Å². The minimum Gasteiger partial charge on any atom is -0.300 e. The van der Waals surface area contributed by atoms with Gasteiger partial charge < -0.3 is 0 Å². The molecule has 2 saturated heterocycles. The number of hydrogen-bond acceptors (Lipinski definition) is 1. The molecular formula is C9H13F2N. The van der Waals surface area contributed by atoms with Crippen LogP contribution >= 0.6 is 0 Å². The maximum Gasteiger partial charge on any atom is 0.255 e. The average Bonchev–Trinajstić information content (AvgIpc) is 2.26. The van der Waals surface area contributed by atoms with E-state index in [-0.39, 0.29) is 6.42 Å². The summed E-state index contributed by atoms with van der Waals surface area (Å²) in [6, 6.07) is 0.498. The molecule has 1 saturated carbocycles. The molecular weight excluding hydrogens is 160 g/mol. The van der Waals surface area contributed by atoms with E-state index in [1.165, 1.54) is 6.42 Å². The first-order valence-electron chi connectivity index (χ1n) is 4.75. The third-order valence-corrected chi connectivity index (χ3v) is 3.84. The Morgan fingerprint density at radius 3 is 2.67 bits per heavy atom. The number of alkyl halides is 2. The van der Waals surface area contributed by atoms with Gasteiger partial charge in [-0.2, -0.15) is 0 Å². The number of fused-ring (bicyclic) bond motifs is 1. The molecule has 0 aromatic rings. The van der Waals surface area contributed by atoms with Crippen LogP contribution in [0.1, 0.15) is 25.7 Å². The molecule has 1 aliphatic carbocycles. The molecule has 0 aromatic carbocycles. The number of hydrogen-bond donors (Lipinski definition) is 0. The molecule has 2 aliphatic heterocycles. The lowest BCUT2D eigenvalue weighted by atomic mass is 10.0. The largest absolute Gasteiger partial charge is 0.300 e. The van der Waals surface area contributed by atoms with Gasteiger partial charge in [0.25, 0.3) is 5.92 Å². The Kier molecular flexibility index (Phi) is 1.11. The minimum atomic E-state index is -2.32. The molecule has 0 bridgehead atoms. The monoisotopic (exact) mass is 173 g/mol. The minimum absolute atomic E-state index is 0.160. The van der Waals surface area contributed by atoms with Crippen molar-refractivity contribution in [1.29, 1.82) is 0 Å². The third-order valence-electron chi connectivity index (χ3n) is 3.84. The molecule has 1 unspecified atom stereocenters. The van der Waals surface area contributed by atoms with Gasteiger partial charge in [0.2, 0.25) is 0 Å². The summed E-state index contributed by atoms with van der Waals surface area (Å²) in [6.07, 6.45) is 3.29. The van der Waals surface area contributed by atoms with Crippen LogP contribution in [0, 0.1) is 5.41 Å². The van der Waals surface area contributed by atoms with Crippen molar-refractivity contribution in [1.82, 2.24) is 4.90 Å². The molecule has 0 amide bonds. The Hall–Kier alpha value is -0.180. The van der Waals surface area contributed by atoms with Crippen LogP contribution < -0.4 is 0 Å². The molecule has 3 fully saturated rings. The summed E-state index contributed by atoms with van der Waals surface area (Å²) in [4.78, 5) is 2.26. The highest BCUT2D eigenvalue weighted by molar-refractivity contribution is 5.17. The molecule has 0 aromatic heterocycles. The van der Waals surface area contributed by atoms with E-state index < -0.39 is 11.3 Å². The van der Waals surface area contributed by atoms with Crippen LogP contribution in [0.15, 0.2) is 0 Å². The van der Waals surface area contributed by atoms with Gasteiger partial charge in [-0.15, -0.1) is 0 Å². The van der Waals surface area contributed by atoms with Crippen molar-refractivity contribution in [2.45, 2.75) is 37.6 Å². The maximum absolute atomic E-state index is 13.0. The van der Waals surface area contributed by atoms with Gasteiger partial charge in [0.1, 0.15) is 0 Å². The molecule has 0 N–H and O–H groups in total. The van der Waals surface area contributed by atoms with Crippen molar-refractivity contribution in [2.75, 3.05) is 13.1 Å². The van der Waals surface area contributed by atoms with E-state index in [2.05, 4.69) is 4.90 Å². The molecule has 2 heterocycles. The molecule has 1 nitrogen and oxygen atoms in total. The summed E-state index contributed by atoms with van der Waals surface area (Å²) >= 11 is 0. The Balaban J connectivity index is 1.81. The quantitative estimate of drug-likeness (QED) is 0.540. The maximum atomic E-state index is 13.0. The summed E-state index contributed by atoms with van der Waals surface area (Å²) in [5, 5.41) is 0. The van der Waals surface area contributed by atoms with E-state index >= 15 is 0 Å². The van der Waals surface area contributed by atoms with Gasteiger partial charge in [-0.05, 0) is 25.8 Å². The SMILES string of the molecule is FC1(F)C[C@@]12CC1CCCN1C2. The Morgan fingerprint density at radius 1 is 1.33 bits per heavy atom. The highest BCUT2D eigenvalue weighted by Crippen LogP contribution is 2.67. The molecule has 0 radical (unpaired) electrons. The summed E-state index contributed by atoms with van der Waals surface area (Å²) < 4.78 is 25.9. The van der Waals surface area contributed by atoms with E-state index in [1.54, 1.807) is 0 Å². The van der Waals surface area contributed by atoms with E-state index in [1.807, 2.05) is 0 Å². The fraction of sp³-hybridized carbons (Fsp3) is 1.00. The Labute approximate surface area is 70.7 Å². The molecule has 68 valence electrons. The molecule has 3 rings (SSSR count). The van der Waals surface area contributed by atoms with Crippen LogP contribution in [-0.4, -0.2) is 30.0 Å². The van der Waals surface area contributed by atoms with Crippen LogP contribution in [0.25, 0.3) is 0 Å². The van der Waals surface area contributed by atoms with E-state index in [4.69, 9.17) is 0 Å². The predicted molar refractivity (Wildman–Crippen MR) is 41.2 cm³/mol. The number of nitrogens with zero attached hydrogens (tertiary/aromatic N) is 1. The zero-order valence-corrected chi connectivity index (χ0v) is 7.02. The van der Waals surface area contributed by atoms with Gasteiger partial charge in [0.15, 0.2) is 0 Å². The van der Waals surface area contributed by atoms with Gasteiger partial charge in [-0.3, -0.25) is 4.90 Å². The van der Waals surface area contributed by atoms with Crippen molar-refractivity contribution in [3.8, 4) is 0 Å². The van der Waals surface area contributed by atoms with Gasteiger partial charge in [0, 0.05) is 19.0 Å². The zero-order valence-electron chi connectivity index (χ0n) is 7.02. The van der Waals surface area contributed by atoms with Gasteiger partial charge >= 0.3 is 0 Å². The van der Waals surface area contributed by atoms with Crippen LogP contribution in [-0.2, 0) is 0 Å². The standard InChI is InChI=1S/C9H13F2N/c10-9(11)5-8(9)4-7-2-1-3-12(7)6-8/h7H,1-6H2/t7?,8-/m1/s1. The molecule has 2 atom stereocenters. The normalized spacial score (nSPS) is 50.0. The summed E-state index contributed by atoms with van der Waals surface area (Å²) in [7, 11) is 0. The summed E-state index contributed by atoms with van der Waals surface area (Å²) in [6.45, 7) is 1.73. The van der Waals surface area contributed by atoms with Crippen molar-refractivity contribution < 1.29 is 8.78 Å². The number of halogens is 2. The lowest BCUT2D eigenvalue weighted by Crippen LogP contribution is -2.23. The number of rotatable bonds is 0. The molecule has 3 heteroatoms. The van der Waals surface area contributed by atoms with E-state index in [9.17, 15) is 8.78 Å². The molecule has 1 spiro atoms. The lowest BCUT2D eigenvalue weighted by Gasteiger charge is -2.12. The summed E-state index contributed by atoms with van der Waals surface area (Å²) in [5.41, 5.74) is -0.571. The topological polar surface area (TPSA) is 3.24 Å². The zero-order chi connectivity index (χ0) is 8.40. The smallest absolute Gasteiger partial charge is 0.255 e. The third kappa shape index (κ3) is 0.709. The van der Waals surface area contributed by atoms with Crippen molar-refractivity contribution in [3.05, 3.63) is 0 Å². The first-order chi connectivity index (χ1) is 5.63. The first kappa shape index (κ1) is 7.25. The second-order valence-electron chi connectivity index (χ2n) is 4.63. The highest BCUT2D eigenvalue weighted by Gasteiger charge is 2.74. The van der Waals surface area contributed by atoms with E-state index in [0.29, 0.717) is 12.6 Å². The highest BCUT2D eigenvalue weighted by atomic mass is 19.3. The second kappa shape index (κ2) is 1.84. The lowest BCUT2D eigenvalue weighted by molar-refractivity contribution is 0.0660. The van der Waals surface area contributed by atoms with Crippen molar-refractivity contribution in [3.63, 3.8) is 0 Å². The fourth-order valence-electron chi connectivity index (χ4n) is 3.01. The first-order valence-corrected chi connectivity index (χ1v) is 4.75. The van der Waals surface area contributed by atoms with Gasteiger partial charge in [-0.1, -0.05) is 0 Å². The molecule has 3 aliphatic rings. The van der Waals surface area contributed by atoms with Gasteiger partial charge in [0.05, 0.1) is 5.41 Å².